The molecule has 3 N–H and O–H groups in total. The van der Waals surface area contributed by atoms with Gasteiger partial charge in [0.2, 0.25) is 0 Å². The van der Waals surface area contributed by atoms with Crippen LogP contribution in [0.25, 0.3) is 11.3 Å². The molecule has 0 saturated carbocycles. The van der Waals surface area contributed by atoms with Gasteiger partial charge in [0.15, 0.2) is 0 Å². The number of aromatic nitrogens is 2. The fourth-order valence-corrected chi connectivity index (χ4v) is 1.65. The lowest BCUT2D eigenvalue weighted by molar-refractivity contribution is 0.588. The van der Waals surface area contributed by atoms with Crippen molar-refractivity contribution in [1.29, 1.82) is 0 Å². The molecular formula is C12H13F2N3. The van der Waals surface area contributed by atoms with Crippen LogP contribution in [0.5, 0.6) is 0 Å². The van der Waals surface area contributed by atoms with Crippen LogP contribution in [0, 0.1) is 11.6 Å². The molecule has 0 aliphatic heterocycles. The van der Waals surface area contributed by atoms with Gasteiger partial charge in [-0.2, -0.15) is 0 Å². The number of benzene rings is 1. The van der Waals surface area contributed by atoms with Crippen molar-refractivity contribution in [3.05, 3.63) is 41.9 Å². The molecule has 1 aromatic heterocycles. The molecule has 17 heavy (non-hydrogen) atoms. The molecule has 1 atom stereocenters. The minimum absolute atomic E-state index is 0.0560. The number of H-pyrrole nitrogens is 1. The molecular weight excluding hydrogens is 224 g/mol. The summed E-state index contributed by atoms with van der Waals surface area (Å²) >= 11 is 0. The molecule has 0 saturated heterocycles. The number of nitrogens with one attached hydrogen (secondary N) is 1. The molecule has 0 amide bonds. The van der Waals surface area contributed by atoms with Crippen molar-refractivity contribution in [3.8, 4) is 11.3 Å². The fourth-order valence-electron chi connectivity index (χ4n) is 1.65. The number of nitrogens with two attached hydrogens (primary N) is 1. The largest absolute Gasteiger partial charge is 0.342 e. The first-order valence-electron chi connectivity index (χ1n) is 5.31. The second-order valence-corrected chi connectivity index (χ2v) is 4.02. The summed E-state index contributed by atoms with van der Waals surface area (Å²) in [6, 6.07) is 3.70. The zero-order chi connectivity index (χ0) is 12.4. The van der Waals surface area contributed by atoms with Gasteiger partial charge < -0.3 is 10.7 Å². The molecule has 0 bridgehead atoms. The summed E-state index contributed by atoms with van der Waals surface area (Å²) in [5.74, 6) is -0.598. The van der Waals surface area contributed by atoms with Crippen molar-refractivity contribution >= 4 is 0 Å². The zero-order valence-electron chi connectivity index (χ0n) is 9.37. The molecule has 0 fully saturated rings. The van der Waals surface area contributed by atoms with Crippen LogP contribution in [0.15, 0.2) is 24.4 Å². The van der Waals surface area contributed by atoms with Crippen LogP contribution in [0.2, 0.25) is 0 Å². The number of halogens is 2. The first-order valence-corrected chi connectivity index (χ1v) is 5.31. The van der Waals surface area contributed by atoms with Gasteiger partial charge in [0, 0.05) is 12.5 Å². The van der Waals surface area contributed by atoms with E-state index < -0.39 is 11.6 Å². The van der Waals surface area contributed by atoms with Crippen molar-refractivity contribution < 1.29 is 8.78 Å². The first-order chi connectivity index (χ1) is 8.08. The molecule has 3 nitrogen and oxygen atoms in total. The van der Waals surface area contributed by atoms with E-state index >= 15 is 0 Å². The van der Waals surface area contributed by atoms with E-state index in [1.165, 1.54) is 24.4 Å². The fraction of sp³-hybridized carbons (Fsp3) is 0.250. The number of rotatable bonds is 3. The number of nitrogens with zero attached hydrogens (tertiary/aromatic N) is 1. The van der Waals surface area contributed by atoms with Gasteiger partial charge >= 0.3 is 0 Å². The first kappa shape index (κ1) is 11.7. The predicted octanol–water partition coefficient (Wildman–Crippen LogP) is 2.24. The van der Waals surface area contributed by atoms with E-state index in [0.29, 0.717) is 17.9 Å². The summed E-state index contributed by atoms with van der Waals surface area (Å²) in [5, 5.41) is 0. The normalized spacial score (nSPS) is 12.7. The quantitative estimate of drug-likeness (QED) is 0.860. The minimum Gasteiger partial charge on any atom is -0.342 e. The maximum absolute atomic E-state index is 13.5. The third-order valence-corrected chi connectivity index (χ3v) is 2.38. The third kappa shape index (κ3) is 2.50. The molecule has 2 aromatic rings. The topological polar surface area (TPSA) is 54.7 Å². The van der Waals surface area contributed by atoms with Crippen molar-refractivity contribution in [1.82, 2.24) is 9.97 Å². The Morgan fingerprint density at radius 3 is 2.59 bits per heavy atom. The third-order valence-electron chi connectivity index (χ3n) is 2.38. The van der Waals surface area contributed by atoms with Crippen LogP contribution in [0.4, 0.5) is 8.78 Å². The second kappa shape index (κ2) is 4.63. The number of imidazole rings is 1. The van der Waals surface area contributed by atoms with Crippen molar-refractivity contribution in [3.63, 3.8) is 0 Å². The van der Waals surface area contributed by atoms with Gasteiger partial charge in [-0.05, 0) is 19.1 Å². The van der Waals surface area contributed by atoms with E-state index in [-0.39, 0.29) is 11.6 Å². The monoisotopic (exact) mass is 237 g/mol. The van der Waals surface area contributed by atoms with Crippen molar-refractivity contribution in [2.75, 3.05) is 0 Å². The lowest BCUT2D eigenvalue weighted by Gasteiger charge is -2.02. The summed E-state index contributed by atoms with van der Waals surface area (Å²) in [5.41, 5.74) is 5.87. The number of hydrogen-bond donors (Lipinski definition) is 2. The molecule has 1 heterocycles. The van der Waals surface area contributed by atoms with E-state index in [4.69, 9.17) is 5.73 Å². The predicted molar refractivity (Wildman–Crippen MR) is 61.3 cm³/mol. The summed E-state index contributed by atoms with van der Waals surface area (Å²) in [7, 11) is 0. The van der Waals surface area contributed by atoms with Crippen LogP contribution in [0.3, 0.4) is 0 Å². The maximum atomic E-state index is 13.5. The molecule has 0 radical (unpaired) electrons. The Kier molecular flexibility index (Phi) is 3.19. The Morgan fingerprint density at radius 2 is 2.00 bits per heavy atom. The molecule has 0 spiro atoms. The van der Waals surface area contributed by atoms with Gasteiger partial charge in [0.1, 0.15) is 17.5 Å². The highest BCUT2D eigenvalue weighted by Gasteiger charge is 2.13. The van der Waals surface area contributed by atoms with E-state index in [0.717, 1.165) is 0 Å². The number of hydrogen-bond acceptors (Lipinski definition) is 2. The van der Waals surface area contributed by atoms with Gasteiger partial charge in [0.25, 0.3) is 0 Å². The smallest absolute Gasteiger partial charge is 0.135 e. The molecule has 5 heteroatoms. The number of aromatic amines is 1. The standard InChI is InChI=1S/C12H13F2N3/c1-7(15)5-11-16-6-10(17-11)12-8(13)3-2-4-9(12)14/h2-4,6-7H,5,15H2,1H3,(H,16,17). The van der Waals surface area contributed by atoms with Gasteiger partial charge in [-0.25, -0.2) is 13.8 Å². The van der Waals surface area contributed by atoms with Gasteiger partial charge in [-0.1, -0.05) is 6.07 Å². The maximum Gasteiger partial charge on any atom is 0.135 e. The van der Waals surface area contributed by atoms with Gasteiger partial charge in [0.05, 0.1) is 17.5 Å². The Labute approximate surface area is 97.7 Å². The van der Waals surface area contributed by atoms with Gasteiger partial charge in [-0.15, -0.1) is 0 Å². The Morgan fingerprint density at radius 1 is 1.35 bits per heavy atom. The van der Waals surface area contributed by atoms with E-state index in [1.54, 1.807) is 0 Å². The average molecular weight is 237 g/mol. The van der Waals surface area contributed by atoms with Crippen molar-refractivity contribution in [2.45, 2.75) is 19.4 Å². The minimum atomic E-state index is -0.610. The van der Waals surface area contributed by atoms with E-state index in [9.17, 15) is 8.78 Å². The Balaban J connectivity index is 2.37. The molecule has 0 aliphatic rings. The molecule has 1 unspecified atom stereocenters. The summed E-state index contributed by atoms with van der Waals surface area (Å²) in [6.07, 6.45) is 1.95. The van der Waals surface area contributed by atoms with E-state index in [2.05, 4.69) is 9.97 Å². The van der Waals surface area contributed by atoms with Crippen LogP contribution in [-0.4, -0.2) is 16.0 Å². The Bertz CT molecular complexity index is 500. The second-order valence-electron chi connectivity index (χ2n) is 4.02. The molecule has 1 aromatic carbocycles. The zero-order valence-corrected chi connectivity index (χ0v) is 9.37. The summed E-state index contributed by atoms with van der Waals surface area (Å²) in [4.78, 5) is 6.92. The van der Waals surface area contributed by atoms with Crippen LogP contribution in [-0.2, 0) is 6.42 Å². The lowest BCUT2D eigenvalue weighted by Crippen LogP contribution is -2.18. The average Bonchev–Trinajstić information content (AvgIpc) is 2.65. The van der Waals surface area contributed by atoms with Crippen LogP contribution < -0.4 is 5.73 Å². The van der Waals surface area contributed by atoms with Gasteiger partial charge in [-0.3, -0.25) is 0 Å². The Hall–Kier alpha value is -1.75. The summed E-state index contributed by atoms with van der Waals surface area (Å²) < 4.78 is 27.0. The highest BCUT2D eigenvalue weighted by atomic mass is 19.1. The lowest BCUT2D eigenvalue weighted by atomic mass is 10.1. The van der Waals surface area contributed by atoms with Crippen LogP contribution >= 0.6 is 0 Å². The summed E-state index contributed by atoms with van der Waals surface area (Å²) in [6.45, 7) is 1.84. The molecule has 2 rings (SSSR count). The SMILES string of the molecule is CC(N)Cc1ncc(-c2c(F)cccc2F)[nH]1. The molecule has 90 valence electrons. The highest BCUT2D eigenvalue weighted by molar-refractivity contribution is 5.60. The highest BCUT2D eigenvalue weighted by Crippen LogP contribution is 2.24. The van der Waals surface area contributed by atoms with Crippen LogP contribution in [0.1, 0.15) is 12.7 Å². The van der Waals surface area contributed by atoms with E-state index in [1.807, 2.05) is 6.92 Å². The molecule has 0 aliphatic carbocycles. The van der Waals surface area contributed by atoms with Crippen molar-refractivity contribution in [2.24, 2.45) is 5.73 Å².